The van der Waals surface area contributed by atoms with E-state index in [0.29, 0.717) is 12.8 Å². The standard InChI is InChI=1S/C8H12O4/c1-3-4-6(9)5-7(10)8(11)12-2/h5,10H,3-4H2,1-2H3. The predicted octanol–water partition coefficient (Wildman–Crippen LogP) is 0.970. The molecule has 0 amide bonds. The Hall–Kier alpha value is -1.32. The summed E-state index contributed by atoms with van der Waals surface area (Å²) in [5, 5.41) is 8.88. The molecular weight excluding hydrogens is 160 g/mol. The number of carbonyl (C=O) groups is 2. The summed E-state index contributed by atoms with van der Waals surface area (Å²) in [5.74, 6) is -1.81. The highest BCUT2D eigenvalue weighted by Gasteiger charge is 2.08. The number of rotatable bonds is 4. The smallest absolute Gasteiger partial charge is 0.373 e. The second kappa shape index (κ2) is 5.35. The van der Waals surface area contributed by atoms with Gasteiger partial charge in [0.15, 0.2) is 5.78 Å². The largest absolute Gasteiger partial charge is 0.502 e. The number of ether oxygens (including phenoxy) is 1. The lowest BCUT2D eigenvalue weighted by atomic mass is 10.2. The highest BCUT2D eigenvalue weighted by Crippen LogP contribution is 1.96. The summed E-state index contributed by atoms with van der Waals surface area (Å²) in [6.45, 7) is 1.83. The molecule has 0 atom stereocenters. The number of hydrogen-bond acceptors (Lipinski definition) is 4. The lowest BCUT2D eigenvalue weighted by Crippen LogP contribution is -2.06. The van der Waals surface area contributed by atoms with Crippen molar-refractivity contribution in [1.82, 2.24) is 0 Å². The Bertz CT molecular complexity index is 205. The molecule has 0 aliphatic heterocycles. The van der Waals surface area contributed by atoms with Crippen LogP contribution in [0.5, 0.6) is 0 Å². The maximum Gasteiger partial charge on any atom is 0.373 e. The molecule has 4 nitrogen and oxygen atoms in total. The van der Waals surface area contributed by atoms with Gasteiger partial charge in [-0.05, 0) is 6.42 Å². The predicted molar refractivity (Wildman–Crippen MR) is 42.6 cm³/mol. The highest BCUT2D eigenvalue weighted by molar-refractivity contribution is 5.97. The molecule has 0 unspecified atom stereocenters. The van der Waals surface area contributed by atoms with Gasteiger partial charge in [0.2, 0.25) is 5.76 Å². The Morgan fingerprint density at radius 1 is 1.50 bits per heavy atom. The van der Waals surface area contributed by atoms with E-state index in [1.54, 1.807) is 0 Å². The zero-order valence-corrected chi connectivity index (χ0v) is 7.16. The minimum Gasteiger partial charge on any atom is -0.502 e. The average Bonchev–Trinajstić information content (AvgIpc) is 2.03. The molecule has 0 fully saturated rings. The minimum atomic E-state index is -0.889. The molecule has 0 aromatic rings. The first-order chi connectivity index (χ1) is 5.61. The molecule has 0 saturated heterocycles. The third-order valence-electron chi connectivity index (χ3n) is 1.19. The average molecular weight is 172 g/mol. The van der Waals surface area contributed by atoms with E-state index in [9.17, 15) is 9.59 Å². The molecule has 1 N–H and O–H groups in total. The van der Waals surface area contributed by atoms with Crippen molar-refractivity contribution in [3.63, 3.8) is 0 Å². The van der Waals surface area contributed by atoms with Gasteiger partial charge in [0.05, 0.1) is 7.11 Å². The Labute approximate surface area is 70.8 Å². The molecule has 0 aliphatic rings. The minimum absolute atomic E-state index is 0.277. The summed E-state index contributed by atoms with van der Waals surface area (Å²) in [5.41, 5.74) is 0. The molecular formula is C8H12O4. The Kier molecular flexibility index (Phi) is 4.76. The van der Waals surface area contributed by atoms with Crippen LogP contribution < -0.4 is 0 Å². The van der Waals surface area contributed by atoms with Crippen molar-refractivity contribution >= 4 is 11.8 Å². The molecule has 68 valence electrons. The van der Waals surface area contributed by atoms with Crippen molar-refractivity contribution in [3.05, 3.63) is 11.8 Å². The van der Waals surface area contributed by atoms with Gasteiger partial charge in [-0.25, -0.2) is 4.79 Å². The van der Waals surface area contributed by atoms with Crippen LogP contribution in [0.4, 0.5) is 0 Å². The van der Waals surface area contributed by atoms with E-state index in [0.717, 1.165) is 13.2 Å². The van der Waals surface area contributed by atoms with Gasteiger partial charge in [0, 0.05) is 12.5 Å². The number of allylic oxidation sites excluding steroid dienone is 1. The summed E-state index contributed by atoms with van der Waals surface area (Å²) in [4.78, 5) is 21.4. The first-order valence-corrected chi connectivity index (χ1v) is 3.63. The maximum absolute atomic E-state index is 10.8. The molecule has 0 bridgehead atoms. The first kappa shape index (κ1) is 10.7. The zero-order chi connectivity index (χ0) is 9.56. The van der Waals surface area contributed by atoms with Crippen molar-refractivity contribution in [2.24, 2.45) is 0 Å². The van der Waals surface area contributed by atoms with Crippen LogP contribution in [0, 0.1) is 0 Å². The van der Waals surface area contributed by atoms with Crippen LogP contribution in [-0.4, -0.2) is 24.0 Å². The zero-order valence-electron chi connectivity index (χ0n) is 7.16. The number of aliphatic hydroxyl groups excluding tert-OH is 1. The van der Waals surface area contributed by atoms with Crippen molar-refractivity contribution in [1.29, 1.82) is 0 Å². The van der Waals surface area contributed by atoms with E-state index in [-0.39, 0.29) is 5.78 Å². The van der Waals surface area contributed by atoms with Crippen molar-refractivity contribution in [3.8, 4) is 0 Å². The van der Waals surface area contributed by atoms with E-state index < -0.39 is 11.7 Å². The third kappa shape index (κ3) is 3.75. The molecule has 0 rings (SSSR count). The Morgan fingerprint density at radius 3 is 2.50 bits per heavy atom. The molecule has 0 aromatic carbocycles. The van der Waals surface area contributed by atoms with Crippen LogP contribution in [0.1, 0.15) is 19.8 Å². The van der Waals surface area contributed by atoms with Gasteiger partial charge in [0.25, 0.3) is 0 Å². The highest BCUT2D eigenvalue weighted by atomic mass is 16.5. The SMILES string of the molecule is CCCC(=O)C=C(O)C(=O)OC. The van der Waals surface area contributed by atoms with Gasteiger partial charge in [0.1, 0.15) is 0 Å². The van der Waals surface area contributed by atoms with Crippen LogP contribution in [0.15, 0.2) is 11.8 Å². The van der Waals surface area contributed by atoms with E-state index in [4.69, 9.17) is 5.11 Å². The van der Waals surface area contributed by atoms with E-state index in [1.807, 2.05) is 6.92 Å². The van der Waals surface area contributed by atoms with Crippen LogP contribution in [0.25, 0.3) is 0 Å². The van der Waals surface area contributed by atoms with Crippen molar-refractivity contribution < 1.29 is 19.4 Å². The third-order valence-corrected chi connectivity index (χ3v) is 1.19. The fraction of sp³-hybridized carbons (Fsp3) is 0.500. The van der Waals surface area contributed by atoms with Crippen molar-refractivity contribution in [2.75, 3.05) is 7.11 Å². The summed E-state index contributed by atoms with van der Waals surface area (Å²) >= 11 is 0. The summed E-state index contributed by atoms with van der Waals surface area (Å²) in [6, 6.07) is 0. The van der Waals surface area contributed by atoms with Gasteiger partial charge in [-0.2, -0.15) is 0 Å². The summed E-state index contributed by atoms with van der Waals surface area (Å²) in [6.07, 6.45) is 1.89. The Morgan fingerprint density at radius 2 is 2.08 bits per heavy atom. The molecule has 4 heteroatoms. The van der Waals surface area contributed by atoms with Gasteiger partial charge in [-0.1, -0.05) is 6.92 Å². The quantitative estimate of drug-likeness (QED) is 0.390. The fourth-order valence-electron chi connectivity index (χ4n) is 0.635. The van der Waals surface area contributed by atoms with E-state index in [1.165, 1.54) is 0 Å². The van der Waals surface area contributed by atoms with Crippen LogP contribution >= 0.6 is 0 Å². The molecule has 0 radical (unpaired) electrons. The normalized spacial score (nSPS) is 11.0. The maximum atomic E-state index is 10.8. The fourth-order valence-corrected chi connectivity index (χ4v) is 0.635. The first-order valence-electron chi connectivity index (χ1n) is 3.63. The molecule has 0 heterocycles. The van der Waals surface area contributed by atoms with Gasteiger partial charge in [-0.15, -0.1) is 0 Å². The van der Waals surface area contributed by atoms with Crippen molar-refractivity contribution in [2.45, 2.75) is 19.8 Å². The summed E-state index contributed by atoms with van der Waals surface area (Å²) < 4.78 is 4.18. The van der Waals surface area contributed by atoms with E-state index in [2.05, 4.69) is 4.74 Å². The monoisotopic (exact) mass is 172 g/mol. The Balaban J connectivity index is 4.15. The summed E-state index contributed by atoms with van der Waals surface area (Å²) in [7, 11) is 1.14. The second-order valence-electron chi connectivity index (χ2n) is 2.24. The molecule has 0 saturated carbocycles. The number of ketones is 1. The number of methoxy groups -OCH3 is 1. The molecule has 0 aliphatic carbocycles. The van der Waals surface area contributed by atoms with Crippen LogP contribution in [0.3, 0.4) is 0 Å². The van der Waals surface area contributed by atoms with Gasteiger partial charge >= 0.3 is 5.97 Å². The lowest BCUT2D eigenvalue weighted by molar-refractivity contribution is -0.139. The molecule has 12 heavy (non-hydrogen) atoms. The van der Waals surface area contributed by atoms with Gasteiger partial charge < -0.3 is 9.84 Å². The number of carbonyl (C=O) groups excluding carboxylic acids is 2. The van der Waals surface area contributed by atoms with Crippen LogP contribution in [-0.2, 0) is 14.3 Å². The number of esters is 1. The van der Waals surface area contributed by atoms with E-state index >= 15 is 0 Å². The number of aliphatic hydroxyl groups is 1. The van der Waals surface area contributed by atoms with Gasteiger partial charge in [-0.3, -0.25) is 4.79 Å². The lowest BCUT2D eigenvalue weighted by Gasteiger charge is -1.95. The molecule has 0 aromatic heterocycles. The van der Waals surface area contributed by atoms with Crippen LogP contribution in [0.2, 0.25) is 0 Å². The number of hydrogen-bond donors (Lipinski definition) is 1. The molecule has 0 spiro atoms. The second-order valence-corrected chi connectivity index (χ2v) is 2.24. The topological polar surface area (TPSA) is 63.6 Å².